The number of nitrogens with two attached hydrogens (primary N) is 2. The molecule has 1 unspecified atom stereocenters. The summed E-state index contributed by atoms with van der Waals surface area (Å²) < 4.78 is 4.21. The molecule has 0 aromatic heterocycles. The topological polar surface area (TPSA) is 95.4 Å². The number of rotatable bonds is 3. The minimum Gasteiger partial charge on any atom is -0.392 e. The van der Waals surface area contributed by atoms with Gasteiger partial charge < -0.3 is 16.2 Å². The standard InChI is InChI=1S/C6H12N2O3/c1-4(9)11-6(10)5(8)2-3-7/h5H,2-3,7-8H2,1H3. The van der Waals surface area contributed by atoms with E-state index in [1.165, 1.54) is 0 Å². The number of carbonyl (C=O) groups is 2. The van der Waals surface area contributed by atoms with Gasteiger partial charge in [0, 0.05) is 6.92 Å². The van der Waals surface area contributed by atoms with E-state index in [9.17, 15) is 9.59 Å². The van der Waals surface area contributed by atoms with Crippen molar-refractivity contribution in [3.8, 4) is 0 Å². The highest BCUT2D eigenvalue weighted by Crippen LogP contribution is 1.90. The number of hydrogen-bond acceptors (Lipinski definition) is 5. The number of ether oxygens (including phenoxy) is 1. The smallest absolute Gasteiger partial charge is 0.330 e. The van der Waals surface area contributed by atoms with Crippen molar-refractivity contribution in [1.29, 1.82) is 0 Å². The van der Waals surface area contributed by atoms with Crippen LogP contribution in [0, 0.1) is 0 Å². The molecule has 0 spiro atoms. The molecule has 0 saturated heterocycles. The Morgan fingerprint density at radius 2 is 2.09 bits per heavy atom. The Kier molecular flexibility index (Phi) is 4.40. The first-order valence-corrected chi connectivity index (χ1v) is 3.26. The summed E-state index contributed by atoms with van der Waals surface area (Å²) >= 11 is 0. The van der Waals surface area contributed by atoms with Crippen LogP contribution in [0.5, 0.6) is 0 Å². The van der Waals surface area contributed by atoms with Crippen molar-refractivity contribution in [2.24, 2.45) is 11.5 Å². The third-order valence-corrected chi connectivity index (χ3v) is 1.02. The van der Waals surface area contributed by atoms with Gasteiger partial charge in [-0.05, 0) is 13.0 Å². The highest BCUT2D eigenvalue weighted by molar-refractivity contribution is 5.87. The van der Waals surface area contributed by atoms with E-state index in [1.54, 1.807) is 0 Å². The lowest BCUT2D eigenvalue weighted by Gasteiger charge is -2.06. The first kappa shape index (κ1) is 10.1. The van der Waals surface area contributed by atoms with Crippen LogP contribution >= 0.6 is 0 Å². The quantitative estimate of drug-likeness (QED) is 0.397. The first-order chi connectivity index (χ1) is 5.07. The Hall–Kier alpha value is -0.940. The van der Waals surface area contributed by atoms with Gasteiger partial charge in [-0.1, -0.05) is 0 Å². The molecule has 0 amide bonds. The van der Waals surface area contributed by atoms with E-state index < -0.39 is 18.0 Å². The fourth-order valence-electron chi connectivity index (χ4n) is 0.515. The summed E-state index contributed by atoms with van der Waals surface area (Å²) in [6, 6.07) is -0.788. The molecule has 4 N–H and O–H groups in total. The Morgan fingerprint density at radius 3 is 2.45 bits per heavy atom. The molecular weight excluding hydrogens is 148 g/mol. The summed E-state index contributed by atoms with van der Waals surface area (Å²) in [6.07, 6.45) is 0.326. The van der Waals surface area contributed by atoms with Crippen molar-refractivity contribution in [3.05, 3.63) is 0 Å². The molecule has 5 heteroatoms. The lowest BCUT2D eigenvalue weighted by Crippen LogP contribution is -2.35. The molecule has 0 aliphatic rings. The summed E-state index contributed by atoms with van der Waals surface area (Å²) in [7, 11) is 0. The monoisotopic (exact) mass is 160 g/mol. The molecule has 1 atom stereocenters. The maximum absolute atomic E-state index is 10.7. The highest BCUT2D eigenvalue weighted by Gasteiger charge is 2.15. The fourth-order valence-corrected chi connectivity index (χ4v) is 0.515. The molecule has 0 fully saturated rings. The minimum atomic E-state index is -0.788. The van der Waals surface area contributed by atoms with Gasteiger partial charge in [0.1, 0.15) is 6.04 Å². The summed E-state index contributed by atoms with van der Waals surface area (Å²) in [5, 5.41) is 0. The summed E-state index contributed by atoms with van der Waals surface area (Å²) in [5.41, 5.74) is 10.4. The normalized spacial score (nSPS) is 12.3. The molecule has 0 aliphatic heterocycles. The molecule has 0 saturated carbocycles. The third kappa shape index (κ3) is 4.46. The molecule has 0 heterocycles. The van der Waals surface area contributed by atoms with Gasteiger partial charge in [0.2, 0.25) is 0 Å². The number of carbonyl (C=O) groups excluding carboxylic acids is 2. The second kappa shape index (κ2) is 4.81. The average molecular weight is 160 g/mol. The number of hydrogen-bond donors (Lipinski definition) is 2. The van der Waals surface area contributed by atoms with E-state index in [1.807, 2.05) is 0 Å². The summed E-state index contributed by atoms with van der Waals surface area (Å²) in [5.74, 6) is -1.37. The Morgan fingerprint density at radius 1 is 1.55 bits per heavy atom. The van der Waals surface area contributed by atoms with Crippen molar-refractivity contribution < 1.29 is 14.3 Å². The molecule has 5 nitrogen and oxygen atoms in total. The lowest BCUT2D eigenvalue weighted by molar-refractivity contribution is -0.159. The lowest BCUT2D eigenvalue weighted by atomic mass is 10.2. The van der Waals surface area contributed by atoms with E-state index in [2.05, 4.69) is 4.74 Å². The van der Waals surface area contributed by atoms with Gasteiger partial charge in [-0.25, -0.2) is 4.79 Å². The van der Waals surface area contributed by atoms with Crippen LogP contribution in [0.25, 0.3) is 0 Å². The van der Waals surface area contributed by atoms with Gasteiger partial charge >= 0.3 is 11.9 Å². The first-order valence-electron chi connectivity index (χ1n) is 3.26. The Balaban J connectivity index is 3.73. The molecule has 11 heavy (non-hydrogen) atoms. The predicted octanol–water partition coefficient (Wildman–Crippen LogP) is -1.25. The van der Waals surface area contributed by atoms with E-state index in [0.29, 0.717) is 13.0 Å². The molecule has 64 valence electrons. The Labute approximate surface area is 64.7 Å². The van der Waals surface area contributed by atoms with Crippen LogP contribution < -0.4 is 11.5 Å². The number of esters is 2. The van der Waals surface area contributed by atoms with Gasteiger partial charge in [-0.15, -0.1) is 0 Å². The van der Waals surface area contributed by atoms with E-state index in [0.717, 1.165) is 6.92 Å². The molecule has 0 aromatic rings. The van der Waals surface area contributed by atoms with Crippen LogP contribution in [0.1, 0.15) is 13.3 Å². The van der Waals surface area contributed by atoms with Gasteiger partial charge in [0.25, 0.3) is 0 Å². The van der Waals surface area contributed by atoms with E-state index in [-0.39, 0.29) is 0 Å². The van der Waals surface area contributed by atoms with E-state index >= 15 is 0 Å². The molecule has 0 bridgehead atoms. The van der Waals surface area contributed by atoms with Crippen molar-refractivity contribution in [2.75, 3.05) is 6.54 Å². The molecule has 0 rings (SSSR count). The molecule has 0 radical (unpaired) electrons. The van der Waals surface area contributed by atoms with Gasteiger partial charge in [-0.3, -0.25) is 4.79 Å². The second-order valence-electron chi connectivity index (χ2n) is 2.10. The average Bonchev–Trinajstić information content (AvgIpc) is 1.86. The van der Waals surface area contributed by atoms with Crippen molar-refractivity contribution in [3.63, 3.8) is 0 Å². The van der Waals surface area contributed by atoms with Crippen molar-refractivity contribution in [2.45, 2.75) is 19.4 Å². The SMILES string of the molecule is CC(=O)OC(=O)C(N)CCN. The van der Waals surface area contributed by atoms with Crippen molar-refractivity contribution in [1.82, 2.24) is 0 Å². The maximum Gasteiger partial charge on any atom is 0.330 e. The van der Waals surface area contributed by atoms with Crippen LogP contribution in [0.3, 0.4) is 0 Å². The van der Waals surface area contributed by atoms with Crippen molar-refractivity contribution >= 4 is 11.9 Å². The zero-order chi connectivity index (χ0) is 8.85. The van der Waals surface area contributed by atoms with Crippen LogP contribution in [-0.4, -0.2) is 24.5 Å². The minimum absolute atomic E-state index is 0.300. The van der Waals surface area contributed by atoms with Gasteiger partial charge in [0.15, 0.2) is 0 Å². The van der Waals surface area contributed by atoms with Gasteiger partial charge in [-0.2, -0.15) is 0 Å². The van der Waals surface area contributed by atoms with Crippen LogP contribution in [0.2, 0.25) is 0 Å². The summed E-state index contributed by atoms with van der Waals surface area (Å²) in [4.78, 5) is 21.0. The molecule has 0 aromatic carbocycles. The maximum atomic E-state index is 10.7. The zero-order valence-corrected chi connectivity index (χ0v) is 6.37. The molecule has 0 aliphatic carbocycles. The third-order valence-electron chi connectivity index (χ3n) is 1.02. The van der Waals surface area contributed by atoms with E-state index in [4.69, 9.17) is 11.5 Å². The second-order valence-corrected chi connectivity index (χ2v) is 2.10. The fraction of sp³-hybridized carbons (Fsp3) is 0.667. The van der Waals surface area contributed by atoms with Crippen LogP contribution in [0.4, 0.5) is 0 Å². The summed E-state index contributed by atoms with van der Waals surface area (Å²) in [6.45, 7) is 1.45. The van der Waals surface area contributed by atoms with Crippen LogP contribution in [-0.2, 0) is 14.3 Å². The molecular formula is C6H12N2O3. The highest BCUT2D eigenvalue weighted by atomic mass is 16.6. The van der Waals surface area contributed by atoms with Gasteiger partial charge in [0.05, 0.1) is 0 Å². The Bertz CT molecular complexity index is 158. The predicted molar refractivity (Wildman–Crippen MR) is 38.4 cm³/mol. The zero-order valence-electron chi connectivity index (χ0n) is 6.37. The van der Waals surface area contributed by atoms with Crippen LogP contribution in [0.15, 0.2) is 0 Å². The largest absolute Gasteiger partial charge is 0.392 e.